The standard InChI is InChI=1S/Cu.Mn.Ni.H4Si.Sn.2H/h;;;1H4;;;. The van der Waals surface area contributed by atoms with E-state index in [4.69, 9.17) is 0 Å². The van der Waals surface area contributed by atoms with Crippen molar-refractivity contribution in [1.82, 2.24) is 0 Å². The SMILES string of the molecule is [Cu].[Mn].[Ni].[SiH4].[SnH2]. The van der Waals surface area contributed by atoms with Crippen LogP contribution in [0.25, 0.3) is 0 Å². The summed E-state index contributed by atoms with van der Waals surface area (Å²) in [5.41, 5.74) is 0. The van der Waals surface area contributed by atoms with Crippen molar-refractivity contribution < 1.29 is 50.6 Å². The Morgan fingerprint density at radius 3 is 1.00 bits per heavy atom. The summed E-state index contributed by atoms with van der Waals surface area (Å²) in [5.74, 6) is 0. The molecule has 0 N–H and O–H groups in total. The van der Waals surface area contributed by atoms with Gasteiger partial charge in [-0.15, -0.1) is 0 Å². The fourth-order valence-corrected chi connectivity index (χ4v) is 0. The molecule has 0 rings (SSSR count). The van der Waals surface area contributed by atoms with Crippen LogP contribution in [0.5, 0.6) is 0 Å². The van der Waals surface area contributed by atoms with E-state index >= 15 is 0 Å². The predicted molar refractivity (Wildman–Crippen MR) is 19.9 cm³/mol. The van der Waals surface area contributed by atoms with Gasteiger partial charge in [-0.2, -0.15) is 0 Å². The van der Waals surface area contributed by atoms with Crippen LogP contribution in [0.3, 0.4) is 0 Å². The molecule has 0 aliphatic rings. The van der Waals surface area contributed by atoms with Crippen molar-refractivity contribution in [2.45, 2.75) is 0 Å². The summed E-state index contributed by atoms with van der Waals surface area (Å²) < 4.78 is 0. The Balaban J connectivity index is 0. The molecule has 4 radical (unpaired) electrons. The van der Waals surface area contributed by atoms with Gasteiger partial charge in [0.25, 0.3) is 0 Å². The maximum atomic E-state index is 0. The van der Waals surface area contributed by atoms with Crippen LogP contribution in [0.2, 0.25) is 0 Å². The van der Waals surface area contributed by atoms with E-state index in [1.54, 1.807) is 0 Å². The molecule has 0 aliphatic carbocycles. The molecule has 0 aromatic carbocycles. The molecule has 0 aliphatic heterocycles. The Morgan fingerprint density at radius 1 is 1.00 bits per heavy atom. The molecule has 0 nitrogen and oxygen atoms in total. The number of hydrogen-bond donors (Lipinski definition) is 0. The average molecular weight is 330 g/mol. The summed E-state index contributed by atoms with van der Waals surface area (Å²) in [5, 5.41) is 0. The van der Waals surface area contributed by atoms with Crippen LogP contribution in [0.4, 0.5) is 0 Å². The van der Waals surface area contributed by atoms with Gasteiger partial charge in [0.15, 0.2) is 0 Å². The normalized spacial score (nSPS) is 0. The van der Waals surface area contributed by atoms with E-state index in [9.17, 15) is 0 Å². The first-order chi connectivity index (χ1) is 0. The van der Waals surface area contributed by atoms with E-state index in [2.05, 4.69) is 0 Å². The quantitative estimate of drug-likeness (QED) is 0.436. The van der Waals surface area contributed by atoms with Gasteiger partial charge < -0.3 is 0 Å². The fourth-order valence-electron chi connectivity index (χ4n) is 0. The molecule has 0 saturated carbocycles. The van der Waals surface area contributed by atoms with E-state index in [-0.39, 0.29) is 85.5 Å². The summed E-state index contributed by atoms with van der Waals surface area (Å²) >= 11 is 0. The molecular formula is H6CuMnNiSiSn. The number of hydrogen-bond acceptors (Lipinski definition) is 0. The molecule has 0 fully saturated rings. The molecule has 0 atom stereocenters. The predicted octanol–water partition coefficient (Wildman–Crippen LogP) is -2.38. The minimum absolute atomic E-state index is 0. The van der Waals surface area contributed by atoms with Gasteiger partial charge in [-0.3, -0.25) is 0 Å². The Bertz CT molecular complexity index is 11.6. The van der Waals surface area contributed by atoms with Gasteiger partial charge in [-0.25, -0.2) is 0 Å². The monoisotopic (exact) mass is 330 g/mol. The van der Waals surface area contributed by atoms with Crippen LogP contribution in [0.15, 0.2) is 0 Å². The first kappa shape index (κ1) is 49.8. The second-order valence-electron chi connectivity index (χ2n) is 0. The zero-order valence-corrected chi connectivity index (χ0v) is 8.85. The topological polar surface area (TPSA) is 0 Å². The molecule has 0 saturated heterocycles. The summed E-state index contributed by atoms with van der Waals surface area (Å²) in [6.45, 7) is 0. The Hall–Kier alpha value is 2.55. The van der Waals surface area contributed by atoms with E-state index in [0.717, 1.165) is 0 Å². The molecule has 5 heteroatoms. The first-order valence-electron chi connectivity index (χ1n) is 0. The van der Waals surface area contributed by atoms with Crippen LogP contribution in [-0.4, -0.2) is 34.9 Å². The van der Waals surface area contributed by atoms with Gasteiger partial charge in [-0.05, 0) is 11.0 Å². The summed E-state index contributed by atoms with van der Waals surface area (Å²) in [6, 6.07) is 0. The third-order valence-electron chi connectivity index (χ3n) is 0. The van der Waals surface area contributed by atoms with Gasteiger partial charge in [-0.1, -0.05) is 0 Å². The first-order valence-corrected chi connectivity index (χ1v) is 0. The van der Waals surface area contributed by atoms with Crippen molar-refractivity contribution in [3.05, 3.63) is 0 Å². The molecule has 0 aromatic heterocycles. The Morgan fingerprint density at radius 2 is 1.00 bits per heavy atom. The van der Waals surface area contributed by atoms with E-state index in [0.29, 0.717) is 0 Å². The number of rotatable bonds is 0. The van der Waals surface area contributed by atoms with Gasteiger partial charge in [0.05, 0.1) is 0 Å². The minimum atomic E-state index is 0. The van der Waals surface area contributed by atoms with Gasteiger partial charge in [0.2, 0.25) is 0 Å². The second kappa shape index (κ2) is 31.0. The van der Waals surface area contributed by atoms with E-state index in [1.807, 2.05) is 0 Å². The zero-order chi connectivity index (χ0) is 0. The van der Waals surface area contributed by atoms with Crippen molar-refractivity contribution in [2.24, 2.45) is 0 Å². The molecule has 0 amide bonds. The van der Waals surface area contributed by atoms with Crippen LogP contribution in [0.1, 0.15) is 0 Å². The maximum absolute atomic E-state index is 0. The van der Waals surface area contributed by atoms with Crippen LogP contribution >= 0.6 is 0 Å². The third-order valence-corrected chi connectivity index (χ3v) is 0. The fraction of sp³-hybridized carbons (Fsp3) is 0. The summed E-state index contributed by atoms with van der Waals surface area (Å²) in [4.78, 5) is 0. The molecule has 42 valence electrons. The van der Waals surface area contributed by atoms with Crippen molar-refractivity contribution in [1.29, 1.82) is 0 Å². The molecule has 5 heavy (non-hydrogen) atoms. The molecule has 0 heterocycles. The van der Waals surface area contributed by atoms with Crippen molar-refractivity contribution in [3.63, 3.8) is 0 Å². The molecule has 0 aromatic rings. The Kier molecular flexibility index (Phi) is 309. The van der Waals surface area contributed by atoms with Crippen LogP contribution < -0.4 is 0 Å². The van der Waals surface area contributed by atoms with Gasteiger partial charge >= 0.3 is 23.9 Å². The van der Waals surface area contributed by atoms with Gasteiger partial charge in [0, 0.05) is 50.6 Å². The summed E-state index contributed by atoms with van der Waals surface area (Å²) in [6.07, 6.45) is 0. The third kappa shape index (κ3) is 20.9. The van der Waals surface area contributed by atoms with Crippen LogP contribution in [-0.2, 0) is 50.6 Å². The van der Waals surface area contributed by atoms with Crippen LogP contribution in [0, 0.1) is 0 Å². The Labute approximate surface area is 84.5 Å². The molecular weight excluding hydrogens is 324 g/mol. The van der Waals surface area contributed by atoms with Gasteiger partial charge in [0.1, 0.15) is 0 Å². The van der Waals surface area contributed by atoms with Crippen molar-refractivity contribution in [3.8, 4) is 0 Å². The van der Waals surface area contributed by atoms with Crippen molar-refractivity contribution in [2.75, 3.05) is 0 Å². The molecule has 0 bridgehead atoms. The zero-order valence-electron chi connectivity index (χ0n) is 1.70. The van der Waals surface area contributed by atoms with E-state index < -0.39 is 0 Å². The van der Waals surface area contributed by atoms with Crippen molar-refractivity contribution >= 4 is 34.9 Å². The van der Waals surface area contributed by atoms with E-state index in [1.165, 1.54) is 0 Å². The summed E-state index contributed by atoms with van der Waals surface area (Å²) in [7, 11) is 0. The molecule has 0 spiro atoms. The second-order valence-corrected chi connectivity index (χ2v) is 0. The molecule has 0 unspecified atom stereocenters. The average Bonchev–Trinajstić information content (AvgIpc) is 0.